The fourth-order valence-electron chi connectivity index (χ4n) is 3.05. The Hall–Kier alpha value is -1.71. The van der Waals surface area contributed by atoms with Gasteiger partial charge in [-0.1, -0.05) is 29.3 Å². The molecule has 0 unspecified atom stereocenters. The molecule has 21 heavy (non-hydrogen) atoms. The number of hydrogen-bond donors (Lipinski definition) is 0. The van der Waals surface area contributed by atoms with E-state index in [9.17, 15) is 4.79 Å². The van der Waals surface area contributed by atoms with Crippen LogP contribution in [0.5, 0.6) is 5.75 Å². The summed E-state index contributed by atoms with van der Waals surface area (Å²) in [5.74, 6) is 0.708. The van der Waals surface area contributed by atoms with Gasteiger partial charge in [-0.25, -0.2) is 0 Å². The Bertz CT molecular complexity index is 775. The summed E-state index contributed by atoms with van der Waals surface area (Å²) in [6.45, 7) is 1.98. The zero-order valence-corrected chi connectivity index (χ0v) is 12.7. The molecule has 2 aromatic carbocycles. The quantitative estimate of drug-likeness (QED) is 0.710. The average Bonchev–Trinajstić information content (AvgIpc) is 2.73. The maximum absolute atomic E-state index is 12.6. The highest BCUT2D eigenvalue weighted by Crippen LogP contribution is 2.48. The van der Waals surface area contributed by atoms with Crippen molar-refractivity contribution in [2.24, 2.45) is 0 Å². The molecule has 5 heteroatoms. The Morgan fingerprint density at radius 1 is 1.05 bits per heavy atom. The first-order valence-corrected chi connectivity index (χ1v) is 7.40. The lowest BCUT2D eigenvalue weighted by atomic mass is 10.0. The van der Waals surface area contributed by atoms with Crippen molar-refractivity contribution in [3.63, 3.8) is 0 Å². The molecule has 1 amide bonds. The van der Waals surface area contributed by atoms with Gasteiger partial charge >= 0.3 is 0 Å². The molecule has 4 rings (SSSR count). The van der Waals surface area contributed by atoms with E-state index in [1.165, 1.54) is 0 Å². The second-order valence-electron chi connectivity index (χ2n) is 5.27. The summed E-state index contributed by atoms with van der Waals surface area (Å²) in [4.78, 5) is 14.4. The molecule has 0 radical (unpaired) electrons. The SMILES string of the molecule is C[C@@H]1c2cc(Cl)ccc2O[C@H]2c3ccc(Cl)cc3C(=O)N12. The Morgan fingerprint density at radius 2 is 1.76 bits per heavy atom. The second kappa shape index (κ2) is 4.39. The Labute approximate surface area is 132 Å². The number of rotatable bonds is 0. The molecule has 2 atom stereocenters. The number of halogens is 2. The molecule has 2 aromatic rings. The minimum absolute atomic E-state index is 0.0596. The maximum Gasteiger partial charge on any atom is 0.258 e. The number of nitrogens with zero attached hydrogens (tertiary/aromatic N) is 1. The Morgan fingerprint density at radius 3 is 2.57 bits per heavy atom. The van der Waals surface area contributed by atoms with Crippen LogP contribution >= 0.6 is 23.2 Å². The van der Waals surface area contributed by atoms with E-state index < -0.39 is 6.23 Å². The number of fused-ring (bicyclic) bond motifs is 4. The van der Waals surface area contributed by atoms with Gasteiger partial charge in [-0.2, -0.15) is 0 Å². The van der Waals surface area contributed by atoms with E-state index in [2.05, 4.69) is 0 Å². The van der Waals surface area contributed by atoms with Gasteiger partial charge < -0.3 is 4.74 Å². The summed E-state index contributed by atoms with van der Waals surface area (Å²) in [6, 6.07) is 10.7. The average molecular weight is 320 g/mol. The van der Waals surface area contributed by atoms with Gasteiger partial charge in [-0.3, -0.25) is 9.69 Å². The number of benzene rings is 2. The molecule has 0 N–H and O–H groups in total. The smallest absolute Gasteiger partial charge is 0.258 e. The van der Waals surface area contributed by atoms with Crippen LogP contribution in [0, 0.1) is 0 Å². The van der Waals surface area contributed by atoms with Crippen LogP contribution < -0.4 is 4.74 Å². The molecule has 0 aromatic heterocycles. The van der Waals surface area contributed by atoms with Gasteiger partial charge in [0.25, 0.3) is 5.91 Å². The molecular formula is C16H11Cl2NO2. The highest BCUT2D eigenvalue weighted by molar-refractivity contribution is 6.31. The molecular weight excluding hydrogens is 309 g/mol. The fraction of sp³-hybridized carbons (Fsp3) is 0.188. The van der Waals surface area contributed by atoms with Gasteiger partial charge in [0.2, 0.25) is 6.23 Å². The van der Waals surface area contributed by atoms with E-state index in [1.807, 2.05) is 25.1 Å². The van der Waals surface area contributed by atoms with Crippen molar-refractivity contribution in [3.05, 3.63) is 63.1 Å². The molecule has 2 aliphatic rings. The first-order valence-electron chi connectivity index (χ1n) is 6.64. The summed E-state index contributed by atoms with van der Waals surface area (Å²) < 4.78 is 6.02. The molecule has 0 bridgehead atoms. The van der Waals surface area contributed by atoms with Gasteiger partial charge in [0.15, 0.2) is 0 Å². The van der Waals surface area contributed by atoms with Crippen LogP contribution in [-0.2, 0) is 0 Å². The third-order valence-corrected chi connectivity index (χ3v) is 4.55. The monoisotopic (exact) mass is 319 g/mol. The summed E-state index contributed by atoms with van der Waals surface area (Å²) in [5, 5.41) is 1.19. The molecule has 0 spiro atoms. The van der Waals surface area contributed by atoms with Crippen LogP contribution in [0.15, 0.2) is 36.4 Å². The summed E-state index contributed by atoms with van der Waals surface area (Å²) in [5.41, 5.74) is 2.39. The lowest BCUT2D eigenvalue weighted by Gasteiger charge is -2.37. The van der Waals surface area contributed by atoms with E-state index in [0.717, 1.165) is 16.9 Å². The van der Waals surface area contributed by atoms with Gasteiger partial charge in [0.1, 0.15) is 5.75 Å². The summed E-state index contributed by atoms with van der Waals surface area (Å²) >= 11 is 12.1. The van der Waals surface area contributed by atoms with Crippen LogP contribution in [-0.4, -0.2) is 10.8 Å². The van der Waals surface area contributed by atoms with Crippen LogP contribution in [0.25, 0.3) is 0 Å². The van der Waals surface area contributed by atoms with Crippen molar-refractivity contribution in [2.75, 3.05) is 0 Å². The third kappa shape index (κ3) is 1.78. The van der Waals surface area contributed by atoms with Crippen LogP contribution in [0.2, 0.25) is 10.0 Å². The number of ether oxygens (including phenoxy) is 1. The molecule has 2 heterocycles. The zero-order chi connectivity index (χ0) is 14.7. The van der Waals surface area contributed by atoms with Crippen molar-refractivity contribution >= 4 is 29.1 Å². The minimum atomic E-state index is -0.395. The van der Waals surface area contributed by atoms with Crippen LogP contribution in [0.1, 0.15) is 40.7 Å². The maximum atomic E-state index is 12.6. The minimum Gasteiger partial charge on any atom is -0.466 e. The number of carbonyl (C=O) groups excluding carboxylic acids is 1. The molecule has 0 saturated heterocycles. The normalized spacial score (nSPS) is 22.4. The predicted molar refractivity (Wildman–Crippen MR) is 80.9 cm³/mol. The third-order valence-electron chi connectivity index (χ3n) is 4.08. The van der Waals surface area contributed by atoms with Crippen molar-refractivity contribution < 1.29 is 9.53 Å². The van der Waals surface area contributed by atoms with Crippen molar-refractivity contribution in [1.82, 2.24) is 4.90 Å². The van der Waals surface area contributed by atoms with Gasteiger partial charge in [-0.05, 0) is 37.3 Å². The van der Waals surface area contributed by atoms with Crippen LogP contribution in [0.3, 0.4) is 0 Å². The summed E-state index contributed by atoms with van der Waals surface area (Å²) in [6.07, 6.45) is -0.395. The molecule has 0 fully saturated rings. The highest BCUT2D eigenvalue weighted by atomic mass is 35.5. The first kappa shape index (κ1) is 13.0. The van der Waals surface area contributed by atoms with E-state index >= 15 is 0 Å². The van der Waals surface area contributed by atoms with Crippen LogP contribution in [0.4, 0.5) is 0 Å². The standard InChI is InChI=1S/C16H11Cl2NO2/c1-8-12-6-10(18)3-5-14(12)21-16-11-4-2-9(17)7-13(11)15(20)19(8)16/h2-8,16H,1H3/t8-,16+/m1/s1. The molecule has 2 aliphatic heterocycles. The van der Waals surface area contributed by atoms with E-state index in [4.69, 9.17) is 27.9 Å². The van der Waals surface area contributed by atoms with Gasteiger partial charge in [-0.15, -0.1) is 0 Å². The summed E-state index contributed by atoms with van der Waals surface area (Å²) in [7, 11) is 0. The van der Waals surface area contributed by atoms with Gasteiger partial charge in [0, 0.05) is 21.2 Å². The molecule has 0 saturated carbocycles. The Kier molecular flexibility index (Phi) is 2.72. The Balaban J connectivity index is 1.88. The van der Waals surface area contributed by atoms with Gasteiger partial charge in [0.05, 0.1) is 11.6 Å². The highest BCUT2D eigenvalue weighted by Gasteiger charge is 2.45. The number of amides is 1. The van der Waals surface area contributed by atoms with Crippen molar-refractivity contribution in [3.8, 4) is 5.75 Å². The lowest BCUT2D eigenvalue weighted by molar-refractivity contribution is -0.00180. The van der Waals surface area contributed by atoms with E-state index in [0.29, 0.717) is 15.6 Å². The predicted octanol–water partition coefficient (Wildman–Crippen LogP) is 4.60. The fourth-order valence-corrected chi connectivity index (χ4v) is 3.40. The zero-order valence-electron chi connectivity index (χ0n) is 11.1. The van der Waals surface area contributed by atoms with E-state index in [1.54, 1.807) is 23.1 Å². The molecule has 0 aliphatic carbocycles. The molecule has 3 nitrogen and oxygen atoms in total. The number of carbonyl (C=O) groups is 1. The second-order valence-corrected chi connectivity index (χ2v) is 6.15. The molecule has 106 valence electrons. The first-order chi connectivity index (χ1) is 10.1. The van der Waals surface area contributed by atoms with Crippen molar-refractivity contribution in [2.45, 2.75) is 19.2 Å². The number of hydrogen-bond acceptors (Lipinski definition) is 2. The van der Waals surface area contributed by atoms with Crippen molar-refractivity contribution in [1.29, 1.82) is 0 Å². The topological polar surface area (TPSA) is 29.5 Å². The van der Waals surface area contributed by atoms with E-state index in [-0.39, 0.29) is 11.9 Å². The largest absolute Gasteiger partial charge is 0.466 e. The lowest BCUT2D eigenvalue weighted by Crippen LogP contribution is -2.37.